The van der Waals surface area contributed by atoms with Gasteiger partial charge in [-0.2, -0.15) is 0 Å². The zero-order chi connectivity index (χ0) is 13.7. The fourth-order valence-corrected chi connectivity index (χ4v) is 2.57. The lowest BCUT2D eigenvalue weighted by Gasteiger charge is -2.19. The van der Waals surface area contributed by atoms with Gasteiger partial charge in [0.15, 0.2) is 6.73 Å². The summed E-state index contributed by atoms with van der Waals surface area (Å²) in [7, 11) is 1.60. The van der Waals surface area contributed by atoms with E-state index >= 15 is 0 Å². The zero-order valence-electron chi connectivity index (χ0n) is 10.6. The number of rotatable bonds is 1. The molecule has 3 aromatic heterocycles. The molecule has 1 aliphatic rings. The van der Waals surface area contributed by atoms with E-state index in [4.69, 9.17) is 21.1 Å². The van der Waals surface area contributed by atoms with Crippen LogP contribution >= 0.6 is 11.6 Å². The second kappa shape index (κ2) is 4.11. The van der Waals surface area contributed by atoms with Gasteiger partial charge in [-0.25, -0.2) is 9.97 Å². The monoisotopic (exact) mass is 287 g/mol. The van der Waals surface area contributed by atoms with E-state index in [1.807, 2.05) is 28.8 Å². The molecule has 0 fully saturated rings. The molecule has 1 aliphatic heterocycles. The molecule has 0 amide bonds. The average molecular weight is 288 g/mol. The highest BCUT2D eigenvalue weighted by atomic mass is 35.5. The van der Waals surface area contributed by atoms with E-state index in [-0.39, 0.29) is 0 Å². The van der Waals surface area contributed by atoms with Crippen molar-refractivity contribution in [2.75, 3.05) is 7.11 Å². The Morgan fingerprint density at radius 2 is 2.15 bits per heavy atom. The lowest BCUT2D eigenvalue weighted by atomic mass is 10.2. The first-order chi connectivity index (χ1) is 9.76. The van der Waals surface area contributed by atoms with Crippen LogP contribution in [0.2, 0.25) is 5.15 Å². The van der Waals surface area contributed by atoms with Gasteiger partial charge in [0, 0.05) is 6.07 Å². The van der Waals surface area contributed by atoms with Crippen LogP contribution in [0, 0.1) is 0 Å². The standard InChI is InChI=1S/C14H10ClN3O2/c1-19-13-5-2-9-8(16-13)6-10-14-11(20-7-18(9)10)3-4-12(15)17-14/h2-6H,7H2,1H3. The van der Waals surface area contributed by atoms with E-state index in [1.165, 1.54) is 0 Å². The molecular formula is C14H10ClN3O2. The molecule has 0 radical (unpaired) electrons. The van der Waals surface area contributed by atoms with Crippen molar-refractivity contribution in [3.63, 3.8) is 0 Å². The predicted molar refractivity (Wildman–Crippen MR) is 75.2 cm³/mol. The summed E-state index contributed by atoms with van der Waals surface area (Å²) in [5.41, 5.74) is 3.51. The Morgan fingerprint density at radius 3 is 3.00 bits per heavy atom. The fraction of sp³-hybridized carbons (Fsp3) is 0.143. The average Bonchev–Trinajstić information content (AvgIpc) is 2.85. The molecule has 20 heavy (non-hydrogen) atoms. The lowest BCUT2D eigenvalue weighted by molar-refractivity contribution is 0.234. The molecule has 4 heterocycles. The summed E-state index contributed by atoms with van der Waals surface area (Å²) in [6.07, 6.45) is 0. The van der Waals surface area contributed by atoms with Crippen molar-refractivity contribution < 1.29 is 9.47 Å². The molecule has 0 saturated heterocycles. The third-order valence-corrected chi connectivity index (χ3v) is 3.57. The summed E-state index contributed by atoms with van der Waals surface area (Å²) in [5.74, 6) is 1.32. The van der Waals surface area contributed by atoms with Crippen molar-refractivity contribution in [2.24, 2.45) is 0 Å². The molecule has 0 N–H and O–H groups in total. The van der Waals surface area contributed by atoms with E-state index in [9.17, 15) is 0 Å². The minimum absolute atomic E-state index is 0.434. The van der Waals surface area contributed by atoms with Gasteiger partial charge in [0.25, 0.3) is 0 Å². The van der Waals surface area contributed by atoms with Crippen molar-refractivity contribution in [3.8, 4) is 23.0 Å². The highest BCUT2D eigenvalue weighted by Crippen LogP contribution is 2.37. The smallest absolute Gasteiger partial charge is 0.213 e. The number of nitrogens with zero attached hydrogens (tertiary/aromatic N) is 3. The van der Waals surface area contributed by atoms with E-state index in [0.29, 0.717) is 17.8 Å². The number of fused-ring (bicyclic) bond motifs is 5. The maximum Gasteiger partial charge on any atom is 0.213 e. The molecule has 0 aliphatic carbocycles. The highest BCUT2D eigenvalue weighted by molar-refractivity contribution is 6.29. The van der Waals surface area contributed by atoms with Gasteiger partial charge in [-0.3, -0.25) is 0 Å². The summed E-state index contributed by atoms with van der Waals surface area (Å²) in [4.78, 5) is 8.79. The van der Waals surface area contributed by atoms with Gasteiger partial charge < -0.3 is 14.0 Å². The largest absolute Gasteiger partial charge is 0.481 e. The quantitative estimate of drug-likeness (QED) is 0.645. The van der Waals surface area contributed by atoms with Crippen LogP contribution in [0.15, 0.2) is 30.3 Å². The third kappa shape index (κ3) is 1.56. The summed E-state index contributed by atoms with van der Waals surface area (Å²) < 4.78 is 12.9. The van der Waals surface area contributed by atoms with Crippen molar-refractivity contribution in [2.45, 2.75) is 6.73 Å². The van der Waals surface area contributed by atoms with Gasteiger partial charge in [-0.15, -0.1) is 0 Å². The van der Waals surface area contributed by atoms with Crippen LogP contribution in [-0.2, 0) is 6.73 Å². The van der Waals surface area contributed by atoms with Crippen LogP contribution in [0.25, 0.3) is 22.4 Å². The maximum absolute atomic E-state index is 5.98. The topological polar surface area (TPSA) is 49.2 Å². The van der Waals surface area contributed by atoms with Crippen LogP contribution in [0.3, 0.4) is 0 Å². The molecule has 0 spiro atoms. The van der Waals surface area contributed by atoms with Crippen LogP contribution in [0.1, 0.15) is 0 Å². The Morgan fingerprint density at radius 1 is 1.25 bits per heavy atom. The van der Waals surface area contributed by atoms with Gasteiger partial charge in [0.2, 0.25) is 5.88 Å². The normalized spacial score (nSPS) is 12.7. The van der Waals surface area contributed by atoms with Crippen LogP contribution < -0.4 is 9.47 Å². The SMILES string of the molecule is COc1ccc2c(cc3n2COc2ccc(Cl)nc2-3)n1. The van der Waals surface area contributed by atoms with Crippen molar-refractivity contribution >= 4 is 22.6 Å². The Labute approximate surface area is 119 Å². The van der Waals surface area contributed by atoms with Gasteiger partial charge in [-0.05, 0) is 24.3 Å². The maximum atomic E-state index is 5.98. The second-order valence-electron chi connectivity index (χ2n) is 4.47. The summed E-state index contributed by atoms with van der Waals surface area (Å²) >= 11 is 5.98. The molecule has 100 valence electrons. The molecule has 0 unspecified atom stereocenters. The van der Waals surface area contributed by atoms with Gasteiger partial charge in [0.05, 0.1) is 23.8 Å². The minimum Gasteiger partial charge on any atom is -0.481 e. The van der Waals surface area contributed by atoms with Crippen molar-refractivity contribution in [1.29, 1.82) is 0 Å². The predicted octanol–water partition coefficient (Wildman–Crippen LogP) is 3.11. The number of hydrogen-bond donors (Lipinski definition) is 0. The first kappa shape index (κ1) is 11.5. The molecule has 0 atom stereocenters. The number of pyridine rings is 2. The Kier molecular flexibility index (Phi) is 2.37. The number of ether oxygens (including phenoxy) is 2. The number of aromatic nitrogens is 3. The first-order valence-corrected chi connectivity index (χ1v) is 6.48. The molecule has 5 nitrogen and oxygen atoms in total. The van der Waals surface area contributed by atoms with Crippen LogP contribution in [-0.4, -0.2) is 21.6 Å². The van der Waals surface area contributed by atoms with E-state index in [0.717, 1.165) is 28.2 Å². The van der Waals surface area contributed by atoms with Crippen LogP contribution in [0.4, 0.5) is 0 Å². The van der Waals surface area contributed by atoms with E-state index in [1.54, 1.807) is 13.2 Å². The Hall–Kier alpha value is -2.27. The molecule has 0 saturated carbocycles. The first-order valence-electron chi connectivity index (χ1n) is 6.10. The molecule has 0 bridgehead atoms. The molecule has 4 rings (SSSR count). The summed E-state index contributed by atoms with van der Waals surface area (Å²) in [5, 5.41) is 0.441. The van der Waals surface area contributed by atoms with E-state index in [2.05, 4.69) is 9.97 Å². The van der Waals surface area contributed by atoms with Gasteiger partial charge >= 0.3 is 0 Å². The third-order valence-electron chi connectivity index (χ3n) is 3.36. The number of halogens is 1. The van der Waals surface area contributed by atoms with Gasteiger partial charge in [0.1, 0.15) is 16.6 Å². The lowest BCUT2D eigenvalue weighted by Crippen LogP contribution is -2.13. The molecular weight excluding hydrogens is 278 g/mol. The van der Waals surface area contributed by atoms with Crippen molar-refractivity contribution in [3.05, 3.63) is 35.5 Å². The minimum atomic E-state index is 0.434. The van der Waals surface area contributed by atoms with Crippen molar-refractivity contribution in [1.82, 2.24) is 14.5 Å². The van der Waals surface area contributed by atoms with Crippen LogP contribution in [0.5, 0.6) is 11.6 Å². The fourth-order valence-electron chi connectivity index (χ4n) is 2.43. The zero-order valence-corrected chi connectivity index (χ0v) is 11.4. The summed E-state index contributed by atoms with van der Waals surface area (Å²) in [6.45, 7) is 0.434. The van der Waals surface area contributed by atoms with Gasteiger partial charge in [-0.1, -0.05) is 11.6 Å². The number of hydrogen-bond acceptors (Lipinski definition) is 4. The molecule has 3 aromatic rings. The molecule has 0 aromatic carbocycles. The Balaban J connectivity index is 2.01. The molecule has 6 heteroatoms. The van der Waals surface area contributed by atoms with E-state index < -0.39 is 0 Å². The second-order valence-corrected chi connectivity index (χ2v) is 4.86. The summed E-state index contributed by atoms with van der Waals surface area (Å²) in [6, 6.07) is 9.32. The number of methoxy groups -OCH3 is 1. The highest BCUT2D eigenvalue weighted by Gasteiger charge is 2.22. The Bertz CT molecular complexity index is 829.